The van der Waals surface area contributed by atoms with Crippen molar-refractivity contribution in [1.82, 2.24) is 4.90 Å². The van der Waals surface area contributed by atoms with E-state index in [0.29, 0.717) is 17.9 Å². The van der Waals surface area contributed by atoms with E-state index in [-0.39, 0.29) is 5.63 Å². The van der Waals surface area contributed by atoms with E-state index >= 15 is 0 Å². The minimum atomic E-state index is -0.337. The largest absolute Gasteiger partial charge is 0.497 e. The molecule has 0 atom stereocenters. The van der Waals surface area contributed by atoms with Gasteiger partial charge in [0, 0.05) is 30.6 Å². The Kier molecular flexibility index (Phi) is 5.19. The molecule has 0 N–H and O–H groups in total. The molecule has 0 saturated heterocycles. The smallest absolute Gasteiger partial charge is 0.336 e. The van der Waals surface area contributed by atoms with Gasteiger partial charge in [-0.15, -0.1) is 0 Å². The Labute approximate surface area is 147 Å². The fourth-order valence-corrected chi connectivity index (χ4v) is 3.01. The lowest BCUT2D eigenvalue weighted by atomic mass is 10.1. The van der Waals surface area contributed by atoms with Crippen LogP contribution in [0.2, 0.25) is 0 Å². The molecular weight excluding hydrogens is 314 g/mol. The fraction of sp³-hybridized carbons (Fsp3) is 0.286. The molecule has 1 aromatic heterocycles. The summed E-state index contributed by atoms with van der Waals surface area (Å²) in [5.74, 6) is 0.678. The standard InChI is InChI=1S/C21H23NO3/c1-4-15-5-7-16(8-6-15)13-22(2)14-17-11-21(23)25-20-12-18(24-3)9-10-19(17)20/h5-12H,4,13-14H2,1-3H3. The zero-order valence-electron chi connectivity index (χ0n) is 14.9. The lowest BCUT2D eigenvalue weighted by Gasteiger charge is -2.18. The van der Waals surface area contributed by atoms with Crippen LogP contribution in [-0.2, 0) is 19.5 Å². The van der Waals surface area contributed by atoms with E-state index in [4.69, 9.17) is 9.15 Å². The van der Waals surface area contributed by atoms with Crippen LogP contribution in [0.3, 0.4) is 0 Å². The number of nitrogens with zero attached hydrogens (tertiary/aromatic N) is 1. The normalized spacial score (nSPS) is 11.2. The van der Waals surface area contributed by atoms with Gasteiger partial charge in [0.25, 0.3) is 0 Å². The molecule has 4 heteroatoms. The Bertz CT molecular complexity index is 913. The topological polar surface area (TPSA) is 42.7 Å². The van der Waals surface area contributed by atoms with E-state index in [1.807, 2.05) is 12.1 Å². The zero-order valence-corrected chi connectivity index (χ0v) is 14.9. The van der Waals surface area contributed by atoms with Gasteiger partial charge in [-0.2, -0.15) is 0 Å². The third-order valence-corrected chi connectivity index (χ3v) is 4.36. The number of aryl methyl sites for hydroxylation is 1. The monoisotopic (exact) mass is 337 g/mol. The molecule has 130 valence electrons. The van der Waals surface area contributed by atoms with Crippen molar-refractivity contribution < 1.29 is 9.15 Å². The predicted molar refractivity (Wildman–Crippen MR) is 100 cm³/mol. The summed E-state index contributed by atoms with van der Waals surface area (Å²) >= 11 is 0. The molecule has 3 aromatic rings. The van der Waals surface area contributed by atoms with Gasteiger partial charge in [-0.3, -0.25) is 4.90 Å². The predicted octanol–water partition coefficient (Wildman–Crippen LogP) is 4.00. The lowest BCUT2D eigenvalue weighted by Crippen LogP contribution is -2.18. The third-order valence-electron chi connectivity index (χ3n) is 4.36. The number of hydrogen-bond acceptors (Lipinski definition) is 4. The Morgan fingerprint density at radius 1 is 1.00 bits per heavy atom. The Morgan fingerprint density at radius 3 is 2.40 bits per heavy atom. The SMILES string of the molecule is CCc1ccc(CN(C)Cc2cc(=O)oc3cc(OC)ccc23)cc1. The van der Waals surface area contributed by atoms with E-state index in [1.54, 1.807) is 19.2 Å². The first kappa shape index (κ1) is 17.2. The molecule has 0 aliphatic heterocycles. The van der Waals surface area contributed by atoms with Crippen LogP contribution >= 0.6 is 0 Å². The van der Waals surface area contributed by atoms with Crippen molar-refractivity contribution in [2.75, 3.05) is 14.2 Å². The molecule has 2 aromatic carbocycles. The Hall–Kier alpha value is -2.59. The summed E-state index contributed by atoms with van der Waals surface area (Å²) < 4.78 is 10.5. The minimum absolute atomic E-state index is 0.337. The van der Waals surface area contributed by atoms with Crippen LogP contribution in [0.4, 0.5) is 0 Å². The number of benzene rings is 2. The molecule has 0 saturated carbocycles. The summed E-state index contributed by atoms with van der Waals surface area (Å²) in [6.45, 7) is 3.65. The summed E-state index contributed by atoms with van der Waals surface area (Å²) in [7, 11) is 3.65. The molecule has 0 amide bonds. The van der Waals surface area contributed by atoms with Crippen LogP contribution in [0, 0.1) is 0 Å². The maximum Gasteiger partial charge on any atom is 0.336 e. The number of fused-ring (bicyclic) bond motifs is 1. The van der Waals surface area contributed by atoms with Gasteiger partial charge in [0.1, 0.15) is 11.3 Å². The summed E-state index contributed by atoms with van der Waals surface area (Å²) in [6, 6.07) is 15.8. The molecule has 1 heterocycles. The van der Waals surface area contributed by atoms with Gasteiger partial charge in [-0.25, -0.2) is 4.79 Å². The maximum atomic E-state index is 11.9. The molecule has 0 fully saturated rings. The highest BCUT2D eigenvalue weighted by Gasteiger charge is 2.10. The van der Waals surface area contributed by atoms with Gasteiger partial charge in [0.15, 0.2) is 0 Å². The second-order valence-corrected chi connectivity index (χ2v) is 6.30. The number of methoxy groups -OCH3 is 1. The average Bonchev–Trinajstić information content (AvgIpc) is 2.61. The molecule has 0 bridgehead atoms. The highest BCUT2D eigenvalue weighted by atomic mass is 16.5. The fourth-order valence-electron chi connectivity index (χ4n) is 3.01. The maximum absolute atomic E-state index is 11.9. The van der Waals surface area contributed by atoms with Gasteiger partial charge >= 0.3 is 5.63 Å². The van der Waals surface area contributed by atoms with Gasteiger partial charge < -0.3 is 9.15 Å². The summed E-state index contributed by atoms with van der Waals surface area (Å²) in [5, 5.41) is 0.939. The second-order valence-electron chi connectivity index (χ2n) is 6.30. The van der Waals surface area contributed by atoms with Gasteiger partial charge in [-0.05, 0) is 42.3 Å². The van der Waals surface area contributed by atoms with Crippen molar-refractivity contribution >= 4 is 11.0 Å². The summed E-state index contributed by atoms with van der Waals surface area (Å²) in [6.07, 6.45) is 1.05. The van der Waals surface area contributed by atoms with E-state index in [9.17, 15) is 4.79 Å². The highest BCUT2D eigenvalue weighted by Crippen LogP contribution is 2.23. The number of ether oxygens (including phenoxy) is 1. The molecule has 0 unspecified atom stereocenters. The molecular formula is C21H23NO3. The number of hydrogen-bond donors (Lipinski definition) is 0. The molecule has 25 heavy (non-hydrogen) atoms. The number of rotatable bonds is 6. The summed E-state index contributed by atoms with van der Waals surface area (Å²) in [5.41, 5.74) is 3.78. The highest BCUT2D eigenvalue weighted by molar-refractivity contribution is 5.81. The van der Waals surface area contributed by atoms with E-state index in [2.05, 4.69) is 43.1 Å². The first-order valence-corrected chi connectivity index (χ1v) is 8.46. The molecule has 0 aliphatic rings. The van der Waals surface area contributed by atoms with Crippen molar-refractivity contribution in [3.8, 4) is 5.75 Å². The summed E-state index contributed by atoms with van der Waals surface area (Å²) in [4.78, 5) is 14.1. The van der Waals surface area contributed by atoms with Crippen molar-refractivity contribution in [1.29, 1.82) is 0 Å². The van der Waals surface area contributed by atoms with Crippen LogP contribution in [0.25, 0.3) is 11.0 Å². The quantitative estimate of drug-likeness (QED) is 0.638. The first-order valence-electron chi connectivity index (χ1n) is 8.46. The van der Waals surface area contributed by atoms with E-state index in [0.717, 1.165) is 23.9 Å². The average molecular weight is 337 g/mol. The van der Waals surface area contributed by atoms with Crippen molar-refractivity contribution in [2.24, 2.45) is 0 Å². The first-order chi connectivity index (χ1) is 12.1. The van der Waals surface area contributed by atoms with E-state index < -0.39 is 0 Å². The Morgan fingerprint density at radius 2 is 1.72 bits per heavy atom. The van der Waals surface area contributed by atoms with Crippen LogP contribution in [0.1, 0.15) is 23.6 Å². The van der Waals surface area contributed by atoms with Crippen LogP contribution < -0.4 is 10.4 Å². The lowest BCUT2D eigenvalue weighted by molar-refractivity contribution is 0.319. The molecule has 0 spiro atoms. The van der Waals surface area contributed by atoms with Crippen LogP contribution in [0.15, 0.2) is 57.7 Å². The third kappa shape index (κ3) is 4.09. The Balaban J connectivity index is 1.82. The van der Waals surface area contributed by atoms with Gasteiger partial charge in [0.2, 0.25) is 0 Å². The van der Waals surface area contributed by atoms with Crippen molar-refractivity contribution in [2.45, 2.75) is 26.4 Å². The molecule has 3 rings (SSSR count). The zero-order chi connectivity index (χ0) is 17.8. The van der Waals surface area contributed by atoms with Crippen molar-refractivity contribution in [3.05, 3.63) is 75.6 Å². The van der Waals surface area contributed by atoms with Gasteiger partial charge in [-0.1, -0.05) is 31.2 Å². The second kappa shape index (κ2) is 7.53. The van der Waals surface area contributed by atoms with Crippen LogP contribution in [-0.4, -0.2) is 19.1 Å². The van der Waals surface area contributed by atoms with Crippen molar-refractivity contribution in [3.63, 3.8) is 0 Å². The van der Waals surface area contributed by atoms with Crippen LogP contribution in [0.5, 0.6) is 5.75 Å². The molecule has 0 aliphatic carbocycles. The molecule has 4 nitrogen and oxygen atoms in total. The van der Waals surface area contributed by atoms with Gasteiger partial charge in [0.05, 0.1) is 7.11 Å². The minimum Gasteiger partial charge on any atom is -0.497 e. The van der Waals surface area contributed by atoms with E-state index in [1.165, 1.54) is 11.1 Å². The molecule has 0 radical (unpaired) electrons.